The van der Waals surface area contributed by atoms with E-state index in [1.165, 1.54) is 32.4 Å². The first-order valence-corrected chi connectivity index (χ1v) is 6.52. The van der Waals surface area contributed by atoms with E-state index in [1.54, 1.807) is 18.2 Å². The molecule has 2 N–H and O–H groups in total. The quantitative estimate of drug-likeness (QED) is 0.841. The maximum absolute atomic E-state index is 15.8. The molecule has 0 aromatic heterocycles. The molecule has 1 aliphatic rings. The topological polar surface area (TPSA) is 125 Å². The van der Waals surface area contributed by atoms with E-state index in [4.69, 9.17) is 30.5 Å². The minimum absolute atomic E-state index is 0.0676. The zero-order chi connectivity index (χ0) is 17.9. The molecule has 0 radical (unpaired) electrons. The molecule has 7 nitrogen and oxygen atoms in total. The fraction of sp³-hybridized carbons (Fsp3) is 0.188. The van der Waals surface area contributed by atoms with Gasteiger partial charge in [-0.2, -0.15) is 20.2 Å². The normalized spacial score (nSPS) is 18.9. The van der Waals surface area contributed by atoms with Crippen molar-refractivity contribution in [1.82, 2.24) is 0 Å². The lowest BCUT2D eigenvalue weighted by Gasteiger charge is -2.24. The molecule has 0 spiro atoms. The highest BCUT2D eigenvalue weighted by atomic mass is 19.2. The number of ether oxygens (including phenoxy) is 3. The van der Waals surface area contributed by atoms with Crippen LogP contribution in [0.3, 0.4) is 0 Å². The largest absolute Gasteiger partial charge is 0.497 e. The first-order valence-electron chi connectivity index (χ1n) is 6.52. The summed E-state index contributed by atoms with van der Waals surface area (Å²) in [6.07, 6.45) is 0. The molecular weight excluding hydrogens is 315 g/mol. The van der Waals surface area contributed by atoms with E-state index >= 15 is 4.39 Å². The van der Waals surface area contributed by atoms with Crippen LogP contribution in [-0.2, 0) is 10.6 Å². The summed E-state index contributed by atoms with van der Waals surface area (Å²) in [6.45, 7) is 0. The van der Waals surface area contributed by atoms with Gasteiger partial charge < -0.3 is 19.9 Å². The van der Waals surface area contributed by atoms with Crippen molar-refractivity contribution in [1.29, 1.82) is 15.8 Å². The molecule has 0 saturated heterocycles. The minimum atomic E-state index is -2.84. The summed E-state index contributed by atoms with van der Waals surface area (Å²) in [7, 11) is 2.69. The average molecular weight is 326 g/mol. The molecule has 0 aliphatic carbocycles. The first-order chi connectivity index (χ1) is 11.5. The fourth-order valence-electron chi connectivity index (χ4n) is 2.33. The molecule has 0 bridgehead atoms. The van der Waals surface area contributed by atoms with Crippen molar-refractivity contribution in [2.24, 2.45) is 5.73 Å². The third kappa shape index (κ3) is 2.35. The number of alkyl halides is 1. The van der Waals surface area contributed by atoms with Gasteiger partial charge in [0.25, 0.3) is 0 Å². The van der Waals surface area contributed by atoms with Crippen molar-refractivity contribution in [3.05, 3.63) is 46.4 Å². The molecule has 24 heavy (non-hydrogen) atoms. The molecular formula is C16H11FN4O3. The van der Waals surface area contributed by atoms with Crippen LogP contribution >= 0.6 is 0 Å². The van der Waals surface area contributed by atoms with Crippen LogP contribution in [0.25, 0.3) is 0 Å². The van der Waals surface area contributed by atoms with Crippen molar-refractivity contribution in [2.45, 2.75) is 5.85 Å². The Kier molecular flexibility index (Phi) is 4.30. The van der Waals surface area contributed by atoms with Gasteiger partial charge in [-0.25, -0.2) is 0 Å². The molecule has 2 rings (SSSR count). The van der Waals surface area contributed by atoms with E-state index < -0.39 is 28.5 Å². The van der Waals surface area contributed by atoms with Gasteiger partial charge in [0, 0.05) is 0 Å². The number of rotatable bonds is 3. The fourth-order valence-corrected chi connectivity index (χ4v) is 2.33. The van der Waals surface area contributed by atoms with E-state index in [0.29, 0.717) is 0 Å². The molecule has 1 heterocycles. The van der Waals surface area contributed by atoms with Gasteiger partial charge >= 0.3 is 5.85 Å². The van der Waals surface area contributed by atoms with Gasteiger partial charge in [0.1, 0.15) is 40.9 Å². The SMILES string of the molecule is COc1ccc(OC)c(C2(F)OC(N)=C(C#N)C2=C(C#N)C#N)c1. The van der Waals surface area contributed by atoms with E-state index in [0.717, 1.165) is 0 Å². The first kappa shape index (κ1) is 16.7. The van der Waals surface area contributed by atoms with Crippen LogP contribution in [0, 0.1) is 34.0 Å². The van der Waals surface area contributed by atoms with Crippen LogP contribution in [0.2, 0.25) is 0 Å². The Morgan fingerprint density at radius 1 is 1.21 bits per heavy atom. The lowest BCUT2D eigenvalue weighted by molar-refractivity contribution is -0.0717. The lowest BCUT2D eigenvalue weighted by Crippen LogP contribution is -2.25. The lowest BCUT2D eigenvalue weighted by atomic mass is 9.91. The molecule has 1 atom stereocenters. The number of nitrogens with two attached hydrogens (primary N) is 1. The molecule has 120 valence electrons. The summed E-state index contributed by atoms with van der Waals surface area (Å²) in [6, 6.07) is 9.00. The Morgan fingerprint density at radius 3 is 2.38 bits per heavy atom. The predicted molar refractivity (Wildman–Crippen MR) is 78.5 cm³/mol. The monoisotopic (exact) mass is 326 g/mol. The van der Waals surface area contributed by atoms with Gasteiger partial charge in [-0.15, -0.1) is 0 Å². The number of hydrogen-bond acceptors (Lipinski definition) is 7. The summed E-state index contributed by atoms with van der Waals surface area (Å²) in [5, 5.41) is 27.4. The Balaban J connectivity index is 2.84. The van der Waals surface area contributed by atoms with Gasteiger partial charge in [-0.3, -0.25) is 0 Å². The number of halogens is 1. The molecule has 0 fully saturated rings. The molecule has 1 aromatic carbocycles. The number of benzene rings is 1. The van der Waals surface area contributed by atoms with Gasteiger partial charge in [0.2, 0.25) is 5.88 Å². The zero-order valence-electron chi connectivity index (χ0n) is 12.8. The van der Waals surface area contributed by atoms with Gasteiger partial charge in [-0.1, -0.05) is 0 Å². The van der Waals surface area contributed by atoms with Gasteiger partial charge in [0.05, 0.1) is 25.4 Å². The second kappa shape index (κ2) is 6.20. The van der Waals surface area contributed by atoms with Crippen LogP contribution in [-0.4, -0.2) is 14.2 Å². The van der Waals surface area contributed by atoms with Gasteiger partial charge in [0.15, 0.2) is 0 Å². The van der Waals surface area contributed by atoms with Crippen molar-refractivity contribution < 1.29 is 18.6 Å². The van der Waals surface area contributed by atoms with Crippen LogP contribution in [0.1, 0.15) is 5.56 Å². The minimum Gasteiger partial charge on any atom is -0.497 e. The van der Waals surface area contributed by atoms with Crippen molar-refractivity contribution in [3.63, 3.8) is 0 Å². The molecule has 1 unspecified atom stereocenters. The number of nitrogens with zero attached hydrogens (tertiary/aromatic N) is 3. The number of hydrogen-bond donors (Lipinski definition) is 1. The standard InChI is InChI=1S/C16H11FN4O3/c1-22-10-3-4-13(23-2)12(5-10)16(17)14(9(6-18)7-19)11(8-20)15(21)24-16/h3-5H,21H2,1-2H3. The second-order valence-corrected chi connectivity index (χ2v) is 4.59. The van der Waals surface area contributed by atoms with E-state index in [2.05, 4.69) is 0 Å². The average Bonchev–Trinajstić information content (AvgIpc) is 2.86. The molecule has 1 aliphatic heterocycles. The number of methoxy groups -OCH3 is 2. The zero-order valence-corrected chi connectivity index (χ0v) is 12.8. The maximum Gasteiger partial charge on any atom is 0.309 e. The third-order valence-electron chi connectivity index (χ3n) is 3.41. The van der Waals surface area contributed by atoms with Crippen molar-refractivity contribution in [3.8, 4) is 29.7 Å². The van der Waals surface area contributed by atoms with E-state index in [9.17, 15) is 5.26 Å². The third-order valence-corrected chi connectivity index (χ3v) is 3.41. The summed E-state index contributed by atoms with van der Waals surface area (Å²) in [5.74, 6) is -3.01. The Bertz CT molecular complexity index is 870. The summed E-state index contributed by atoms with van der Waals surface area (Å²) < 4.78 is 31.0. The van der Waals surface area contributed by atoms with Crippen LogP contribution in [0.4, 0.5) is 4.39 Å². The second-order valence-electron chi connectivity index (χ2n) is 4.59. The van der Waals surface area contributed by atoms with Crippen LogP contribution < -0.4 is 15.2 Å². The molecule has 0 amide bonds. The molecule has 8 heteroatoms. The summed E-state index contributed by atoms with van der Waals surface area (Å²) >= 11 is 0. The maximum atomic E-state index is 15.8. The summed E-state index contributed by atoms with van der Waals surface area (Å²) in [5.41, 5.74) is 3.79. The van der Waals surface area contributed by atoms with E-state index in [-0.39, 0.29) is 17.1 Å². The Morgan fingerprint density at radius 2 is 1.88 bits per heavy atom. The van der Waals surface area contributed by atoms with Crippen molar-refractivity contribution in [2.75, 3.05) is 14.2 Å². The highest BCUT2D eigenvalue weighted by Crippen LogP contribution is 2.50. The van der Waals surface area contributed by atoms with Gasteiger partial charge in [-0.05, 0) is 18.2 Å². The summed E-state index contributed by atoms with van der Waals surface area (Å²) in [4.78, 5) is 0. The van der Waals surface area contributed by atoms with E-state index in [1.807, 2.05) is 0 Å². The highest BCUT2D eigenvalue weighted by molar-refractivity contribution is 5.63. The van der Waals surface area contributed by atoms with Crippen molar-refractivity contribution >= 4 is 0 Å². The van der Waals surface area contributed by atoms with Crippen LogP contribution in [0.5, 0.6) is 11.5 Å². The number of nitriles is 3. The molecule has 1 aromatic rings. The predicted octanol–water partition coefficient (Wildman–Crippen LogP) is 1.89. The smallest absolute Gasteiger partial charge is 0.309 e. The number of allylic oxidation sites excluding steroid dienone is 1. The molecule has 0 saturated carbocycles. The Hall–Kier alpha value is -3.70. The van der Waals surface area contributed by atoms with Crippen LogP contribution in [0.15, 0.2) is 40.8 Å². The highest BCUT2D eigenvalue weighted by Gasteiger charge is 2.51. The Labute approximate surface area is 137 Å².